The summed E-state index contributed by atoms with van der Waals surface area (Å²) in [6.07, 6.45) is 0. The summed E-state index contributed by atoms with van der Waals surface area (Å²) in [5.74, 6) is 0. The Balaban J connectivity index is 1.04. The van der Waals surface area contributed by atoms with E-state index in [2.05, 4.69) is 193 Å². The SMILES string of the molecule is c1ccc(-c2cccc(-c3cccc4c3sc3c(-c5ccc(-c6ccc7c(c6)c6ccccc6n7-c6ccccc6)cc5)cccc34)c2)cc1. The highest BCUT2D eigenvalue weighted by Crippen LogP contribution is 2.44. The van der Waals surface area contributed by atoms with Crippen LogP contribution in [0.2, 0.25) is 0 Å². The second-order valence-electron chi connectivity index (χ2n) is 12.9. The van der Waals surface area contributed by atoms with Crippen molar-refractivity contribution in [3.05, 3.63) is 188 Å². The van der Waals surface area contributed by atoms with Gasteiger partial charge in [-0.1, -0.05) is 152 Å². The first-order valence-electron chi connectivity index (χ1n) is 17.1. The highest BCUT2D eigenvalue weighted by Gasteiger charge is 2.16. The van der Waals surface area contributed by atoms with E-state index in [0.29, 0.717) is 0 Å². The van der Waals surface area contributed by atoms with Gasteiger partial charge in [0.15, 0.2) is 0 Å². The van der Waals surface area contributed by atoms with Crippen molar-refractivity contribution < 1.29 is 0 Å². The fraction of sp³-hybridized carbons (Fsp3) is 0. The van der Waals surface area contributed by atoms with E-state index in [1.807, 2.05) is 11.3 Å². The lowest BCUT2D eigenvalue weighted by atomic mass is 9.96. The predicted octanol–water partition coefficient (Wildman–Crippen LogP) is 13.8. The molecule has 2 aromatic heterocycles. The van der Waals surface area contributed by atoms with Crippen molar-refractivity contribution in [3.63, 3.8) is 0 Å². The molecule has 2 heteroatoms. The van der Waals surface area contributed by atoms with Crippen LogP contribution in [0.15, 0.2) is 188 Å². The van der Waals surface area contributed by atoms with E-state index in [0.717, 1.165) is 0 Å². The summed E-state index contributed by atoms with van der Waals surface area (Å²) in [7, 11) is 0. The summed E-state index contributed by atoms with van der Waals surface area (Å²) >= 11 is 1.91. The van der Waals surface area contributed by atoms with Crippen LogP contribution in [0.3, 0.4) is 0 Å². The fourth-order valence-electron chi connectivity index (χ4n) is 7.62. The summed E-state index contributed by atoms with van der Waals surface area (Å²) in [6.45, 7) is 0. The van der Waals surface area contributed by atoms with Crippen LogP contribution in [0.1, 0.15) is 0 Å². The second kappa shape index (κ2) is 11.7. The second-order valence-corrected chi connectivity index (χ2v) is 13.9. The molecule has 0 aliphatic carbocycles. The molecule has 1 nitrogen and oxygen atoms in total. The maximum Gasteiger partial charge on any atom is 0.0541 e. The average Bonchev–Trinajstić information content (AvgIpc) is 3.74. The van der Waals surface area contributed by atoms with E-state index in [1.165, 1.54) is 92.2 Å². The number of thiophene rings is 1. The lowest BCUT2D eigenvalue weighted by Crippen LogP contribution is -1.92. The minimum absolute atomic E-state index is 1.18. The molecule has 10 aromatic rings. The number of rotatable bonds is 5. The molecule has 0 N–H and O–H groups in total. The van der Waals surface area contributed by atoms with Crippen LogP contribution in [0, 0.1) is 0 Å². The van der Waals surface area contributed by atoms with E-state index in [4.69, 9.17) is 0 Å². The van der Waals surface area contributed by atoms with Gasteiger partial charge in [0.1, 0.15) is 0 Å². The zero-order chi connectivity index (χ0) is 33.0. The molecule has 0 fully saturated rings. The van der Waals surface area contributed by atoms with E-state index in [1.54, 1.807) is 0 Å². The summed E-state index contributed by atoms with van der Waals surface area (Å²) in [5, 5.41) is 5.17. The first-order valence-corrected chi connectivity index (χ1v) is 17.9. The summed E-state index contributed by atoms with van der Waals surface area (Å²) in [5.41, 5.74) is 13.6. The maximum atomic E-state index is 2.37. The van der Waals surface area contributed by atoms with Gasteiger partial charge in [-0.05, 0) is 80.9 Å². The molecule has 8 aromatic carbocycles. The Morgan fingerprint density at radius 2 is 0.800 bits per heavy atom. The third kappa shape index (κ3) is 4.69. The molecule has 2 heterocycles. The van der Waals surface area contributed by atoms with E-state index in [-0.39, 0.29) is 0 Å². The van der Waals surface area contributed by atoms with Gasteiger partial charge in [-0.3, -0.25) is 0 Å². The van der Waals surface area contributed by atoms with Gasteiger partial charge >= 0.3 is 0 Å². The van der Waals surface area contributed by atoms with Gasteiger partial charge in [0.2, 0.25) is 0 Å². The first-order chi connectivity index (χ1) is 24.8. The number of benzene rings is 8. The first kappa shape index (κ1) is 28.8. The summed E-state index contributed by atoms with van der Waals surface area (Å²) < 4.78 is 5.03. The lowest BCUT2D eigenvalue weighted by molar-refractivity contribution is 1.18. The number of hydrogen-bond acceptors (Lipinski definition) is 1. The van der Waals surface area contributed by atoms with Crippen LogP contribution in [0.5, 0.6) is 0 Å². The molecular formula is C48H31NS. The lowest BCUT2D eigenvalue weighted by Gasteiger charge is -2.09. The van der Waals surface area contributed by atoms with Crippen LogP contribution in [-0.2, 0) is 0 Å². The standard InChI is InChI=1S/C48H31NS/c1-3-12-32(13-4-1)35-14-9-15-37(30-35)40-20-11-22-43-42-21-10-19-39(47(42)50-48(40)43)34-26-24-33(25-27-34)36-28-29-46-44(31-36)41-18-7-8-23-45(41)49(46)38-16-5-2-6-17-38/h1-31H. The third-order valence-corrected chi connectivity index (χ3v) is 11.3. The van der Waals surface area contributed by atoms with Crippen LogP contribution in [-0.4, -0.2) is 4.57 Å². The third-order valence-electron chi connectivity index (χ3n) is 10.0. The molecule has 10 rings (SSSR count). The average molecular weight is 654 g/mol. The highest BCUT2D eigenvalue weighted by molar-refractivity contribution is 7.26. The van der Waals surface area contributed by atoms with E-state index < -0.39 is 0 Å². The van der Waals surface area contributed by atoms with Crippen LogP contribution in [0.25, 0.3) is 92.2 Å². The number of fused-ring (bicyclic) bond motifs is 6. The molecule has 0 amide bonds. The van der Waals surface area contributed by atoms with Crippen molar-refractivity contribution in [1.82, 2.24) is 4.57 Å². The van der Waals surface area contributed by atoms with Crippen LogP contribution >= 0.6 is 11.3 Å². The monoisotopic (exact) mass is 653 g/mol. The molecule has 0 saturated heterocycles. The number of aromatic nitrogens is 1. The van der Waals surface area contributed by atoms with Gasteiger partial charge in [0.05, 0.1) is 11.0 Å². The predicted molar refractivity (Wildman–Crippen MR) is 215 cm³/mol. The minimum Gasteiger partial charge on any atom is -0.309 e. The molecule has 0 aliphatic heterocycles. The number of hydrogen-bond donors (Lipinski definition) is 0. The molecule has 234 valence electrons. The fourth-order valence-corrected chi connectivity index (χ4v) is 8.99. The summed E-state index contributed by atoms with van der Waals surface area (Å²) in [4.78, 5) is 0. The topological polar surface area (TPSA) is 4.93 Å². The van der Waals surface area contributed by atoms with Gasteiger partial charge in [-0.25, -0.2) is 0 Å². The number of nitrogens with zero attached hydrogens (tertiary/aromatic N) is 1. The Bertz CT molecular complexity index is 2840. The Morgan fingerprint density at radius 1 is 0.300 bits per heavy atom. The van der Waals surface area contributed by atoms with Crippen molar-refractivity contribution in [2.75, 3.05) is 0 Å². The molecule has 0 atom stereocenters. The Morgan fingerprint density at radius 3 is 1.56 bits per heavy atom. The summed E-state index contributed by atoms with van der Waals surface area (Å²) in [6, 6.07) is 68.5. The number of para-hydroxylation sites is 2. The zero-order valence-corrected chi connectivity index (χ0v) is 28.1. The van der Waals surface area contributed by atoms with E-state index in [9.17, 15) is 0 Å². The normalized spacial score (nSPS) is 11.6. The zero-order valence-electron chi connectivity index (χ0n) is 27.3. The van der Waals surface area contributed by atoms with Crippen molar-refractivity contribution >= 4 is 53.3 Å². The largest absolute Gasteiger partial charge is 0.309 e. The van der Waals surface area contributed by atoms with Gasteiger partial charge in [-0.15, -0.1) is 11.3 Å². The van der Waals surface area contributed by atoms with Crippen molar-refractivity contribution in [2.45, 2.75) is 0 Å². The molecule has 50 heavy (non-hydrogen) atoms. The molecule has 0 radical (unpaired) electrons. The van der Waals surface area contributed by atoms with Crippen LogP contribution in [0.4, 0.5) is 0 Å². The van der Waals surface area contributed by atoms with Gasteiger partial charge < -0.3 is 4.57 Å². The van der Waals surface area contributed by atoms with E-state index >= 15 is 0 Å². The van der Waals surface area contributed by atoms with Gasteiger partial charge in [-0.2, -0.15) is 0 Å². The Kier molecular flexibility index (Phi) is 6.75. The highest BCUT2D eigenvalue weighted by atomic mass is 32.1. The smallest absolute Gasteiger partial charge is 0.0541 e. The van der Waals surface area contributed by atoms with Crippen molar-refractivity contribution in [2.24, 2.45) is 0 Å². The van der Waals surface area contributed by atoms with Gasteiger partial charge in [0, 0.05) is 36.6 Å². The van der Waals surface area contributed by atoms with Crippen LogP contribution < -0.4 is 0 Å². The molecule has 0 spiro atoms. The molecule has 0 saturated carbocycles. The minimum atomic E-state index is 1.18. The molecule has 0 bridgehead atoms. The quantitative estimate of drug-likeness (QED) is 0.174. The maximum absolute atomic E-state index is 2.37. The molecule has 0 aliphatic rings. The Labute approximate surface area is 295 Å². The van der Waals surface area contributed by atoms with Crippen molar-refractivity contribution in [3.8, 4) is 50.2 Å². The Hall–Kier alpha value is -6.22. The molecular weight excluding hydrogens is 623 g/mol. The van der Waals surface area contributed by atoms with Crippen molar-refractivity contribution in [1.29, 1.82) is 0 Å². The molecule has 0 unspecified atom stereocenters. The van der Waals surface area contributed by atoms with Gasteiger partial charge in [0.25, 0.3) is 0 Å².